The molecule has 2 rings (SSSR count). The largest absolute Gasteiger partial charge is 0.508 e. The van der Waals surface area contributed by atoms with E-state index in [1.54, 1.807) is 0 Å². The van der Waals surface area contributed by atoms with E-state index in [1.165, 1.54) is 43.0 Å². The summed E-state index contributed by atoms with van der Waals surface area (Å²) in [6, 6.07) is 0.746. The first-order chi connectivity index (χ1) is 17.2. The van der Waals surface area contributed by atoms with Gasteiger partial charge in [0, 0.05) is 13.5 Å². The summed E-state index contributed by atoms with van der Waals surface area (Å²) in [6.07, 6.45) is -0.429. The van der Waals surface area contributed by atoms with Crippen molar-refractivity contribution >= 4 is 23.6 Å². The molecule has 13 nitrogen and oxygen atoms in total. The van der Waals surface area contributed by atoms with E-state index in [0.29, 0.717) is 24.9 Å². The molecule has 0 saturated carbocycles. The Bertz CT molecular complexity index is 962. The fourth-order valence-electron chi connectivity index (χ4n) is 4.05. The highest BCUT2D eigenvalue weighted by Crippen LogP contribution is 2.18. The summed E-state index contributed by atoms with van der Waals surface area (Å²) in [4.78, 5) is 51.5. The van der Waals surface area contributed by atoms with Gasteiger partial charge in [-0.05, 0) is 50.8 Å². The minimum atomic E-state index is -2.38. The topological polar surface area (TPSA) is 209 Å². The van der Waals surface area contributed by atoms with Gasteiger partial charge in [0.1, 0.15) is 23.9 Å². The van der Waals surface area contributed by atoms with Crippen molar-refractivity contribution in [1.29, 1.82) is 0 Å². The molecule has 8 N–H and O–H groups in total. The SMILES string of the molecule is CC(=O)N1CCCC1C(=O)NC(C(=O)NC(CO)C(=O)NC(Cc1ccc(O)cc1)C(C)(O)O)C(C)O. The molecule has 0 spiro atoms. The number of aliphatic hydroxyl groups excluding tert-OH is 2. The lowest BCUT2D eigenvalue weighted by molar-refractivity contribution is -0.172. The third kappa shape index (κ3) is 8.39. The van der Waals surface area contributed by atoms with Crippen LogP contribution in [-0.4, -0.2) is 103 Å². The fraction of sp³-hybridized carbons (Fsp3) is 0.583. The van der Waals surface area contributed by atoms with Gasteiger partial charge in [-0.25, -0.2) is 0 Å². The number of aliphatic hydroxyl groups is 4. The van der Waals surface area contributed by atoms with Crippen LogP contribution in [0.25, 0.3) is 0 Å². The van der Waals surface area contributed by atoms with Gasteiger partial charge in [0.25, 0.3) is 0 Å². The van der Waals surface area contributed by atoms with Crippen LogP contribution < -0.4 is 16.0 Å². The minimum Gasteiger partial charge on any atom is -0.508 e. The first-order valence-corrected chi connectivity index (χ1v) is 11.9. The van der Waals surface area contributed by atoms with Gasteiger partial charge < -0.3 is 46.4 Å². The van der Waals surface area contributed by atoms with Gasteiger partial charge >= 0.3 is 0 Å². The number of carbonyl (C=O) groups excluding carboxylic acids is 4. The summed E-state index contributed by atoms with van der Waals surface area (Å²) in [5, 5.41) is 56.6. The molecule has 1 aromatic carbocycles. The van der Waals surface area contributed by atoms with E-state index in [4.69, 9.17) is 0 Å². The number of hydrogen-bond acceptors (Lipinski definition) is 9. The van der Waals surface area contributed by atoms with Crippen LogP contribution >= 0.6 is 0 Å². The van der Waals surface area contributed by atoms with Crippen LogP contribution in [0.3, 0.4) is 0 Å². The van der Waals surface area contributed by atoms with Crippen LogP contribution in [-0.2, 0) is 25.6 Å². The second-order valence-electron chi connectivity index (χ2n) is 9.37. The predicted octanol–water partition coefficient (Wildman–Crippen LogP) is -2.53. The molecule has 1 saturated heterocycles. The number of amides is 4. The molecule has 1 fully saturated rings. The highest BCUT2D eigenvalue weighted by molar-refractivity contribution is 5.94. The molecule has 13 heteroatoms. The number of phenolic OH excluding ortho intramolecular Hbond substituents is 1. The average Bonchev–Trinajstić information content (AvgIpc) is 3.31. The Balaban J connectivity index is 2.08. The average molecular weight is 525 g/mol. The summed E-state index contributed by atoms with van der Waals surface area (Å²) in [5.41, 5.74) is 0.561. The highest BCUT2D eigenvalue weighted by atomic mass is 16.5. The number of nitrogens with zero attached hydrogens (tertiary/aromatic N) is 1. The Morgan fingerprint density at radius 1 is 1.08 bits per heavy atom. The van der Waals surface area contributed by atoms with Gasteiger partial charge in [-0.2, -0.15) is 0 Å². The molecule has 37 heavy (non-hydrogen) atoms. The van der Waals surface area contributed by atoms with Gasteiger partial charge in [-0.15, -0.1) is 0 Å². The summed E-state index contributed by atoms with van der Waals surface area (Å²) >= 11 is 0. The first-order valence-electron chi connectivity index (χ1n) is 11.9. The fourth-order valence-corrected chi connectivity index (χ4v) is 4.05. The van der Waals surface area contributed by atoms with E-state index in [0.717, 1.165) is 6.92 Å². The van der Waals surface area contributed by atoms with E-state index >= 15 is 0 Å². The molecule has 1 heterocycles. The second kappa shape index (κ2) is 12.8. The van der Waals surface area contributed by atoms with Crippen LogP contribution in [0.1, 0.15) is 39.2 Å². The molecule has 5 unspecified atom stereocenters. The van der Waals surface area contributed by atoms with Gasteiger partial charge in [-0.1, -0.05) is 12.1 Å². The van der Waals surface area contributed by atoms with Crippen molar-refractivity contribution in [2.45, 2.75) is 76.1 Å². The lowest BCUT2D eigenvalue weighted by Gasteiger charge is -2.31. The summed E-state index contributed by atoms with van der Waals surface area (Å²) in [5.74, 6) is -5.21. The number of aromatic hydroxyl groups is 1. The summed E-state index contributed by atoms with van der Waals surface area (Å²) in [6.45, 7) is 3.17. The maximum Gasteiger partial charge on any atom is 0.245 e. The lowest BCUT2D eigenvalue weighted by atomic mass is 9.99. The Morgan fingerprint density at radius 2 is 1.70 bits per heavy atom. The standard InChI is InChI=1S/C24H36N4O9/c1-13(30)20(27-22(34)18-5-4-10-28(18)14(2)31)23(35)25-17(12-29)21(33)26-19(24(3,36)37)11-15-6-8-16(32)9-7-15/h6-9,13,17-20,29-30,32,36-37H,4-5,10-12H2,1-3H3,(H,25,35)(H,26,33)(H,27,34). The molecule has 0 bridgehead atoms. The van der Waals surface area contributed by atoms with Gasteiger partial charge in [0.2, 0.25) is 23.6 Å². The molecule has 1 aliphatic rings. The minimum absolute atomic E-state index is 0.00448. The lowest BCUT2D eigenvalue weighted by Crippen LogP contribution is -2.62. The maximum atomic E-state index is 12.8. The number of benzene rings is 1. The molecule has 4 amide bonds. The van der Waals surface area contributed by atoms with E-state index in [9.17, 15) is 44.7 Å². The van der Waals surface area contributed by atoms with Crippen molar-refractivity contribution in [2.24, 2.45) is 0 Å². The monoisotopic (exact) mass is 524 g/mol. The van der Waals surface area contributed by atoms with Crippen molar-refractivity contribution in [3.05, 3.63) is 29.8 Å². The van der Waals surface area contributed by atoms with E-state index < -0.39 is 60.4 Å². The van der Waals surface area contributed by atoms with Gasteiger partial charge in [-0.3, -0.25) is 19.2 Å². The highest BCUT2D eigenvalue weighted by Gasteiger charge is 2.37. The molecule has 1 aliphatic heterocycles. The number of rotatable bonds is 11. The zero-order valence-corrected chi connectivity index (χ0v) is 21.0. The first kappa shape index (κ1) is 30.0. The Hall–Kier alpha value is -3.26. The van der Waals surface area contributed by atoms with Crippen molar-refractivity contribution in [3.63, 3.8) is 0 Å². The molecule has 5 atom stereocenters. The molecular formula is C24H36N4O9. The molecule has 0 aliphatic carbocycles. The number of phenols is 1. The van der Waals surface area contributed by atoms with Crippen LogP contribution in [0.2, 0.25) is 0 Å². The zero-order valence-electron chi connectivity index (χ0n) is 21.0. The smallest absolute Gasteiger partial charge is 0.245 e. The van der Waals surface area contributed by atoms with Gasteiger partial charge in [0.15, 0.2) is 5.79 Å². The molecular weight excluding hydrogens is 488 g/mol. The van der Waals surface area contributed by atoms with Crippen molar-refractivity contribution in [1.82, 2.24) is 20.9 Å². The maximum absolute atomic E-state index is 12.8. The number of nitrogens with one attached hydrogen (secondary N) is 3. The third-order valence-electron chi connectivity index (χ3n) is 6.19. The normalized spacial score (nSPS) is 18.9. The summed E-state index contributed by atoms with van der Waals surface area (Å²) in [7, 11) is 0. The molecule has 0 radical (unpaired) electrons. The Labute approximate surface area is 214 Å². The number of hydrogen-bond donors (Lipinski definition) is 8. The van der Waals surface area contributed by atoms with Gasteiger partial charge in [0.05, 0.1) is 18.8 Å². The third-order valence-corrected chi connectivity index (χ3v) is 6.19. The second-order valence-corrected chi connectivity index (χ2v) is 9.37. The van der Waals surface area contributed by atoms with E-state index in [1.807, 2.05) is 0 Å². The Kier molecular flexibility index (Phi) is 10.4. The van der Waals surface area contributed by atoms with E-state index in [2.05, 4.69) is 16.0 Å². The Morgan fingerprint density at radius 3 is 2.22 bits per heavy atom. The van der Waals surface area contributed by atoms with Crippen molar-refractivity contribution < 1.29 is 44.7 Å². The number of likely N-dealkylation sites (tertiary alicyclic amines) is 1. The molecule has 1 aromatic rings. The summed E-state index contributed by atoms with van der Waals surface area (Å²) < 4.78 is 0. The molecule has 0 aromatic heterocycles. The van der Waals surface area contributed by atoms with Crippen LogP contribution in [0.4, 0.5) is 0 Å². The predicted molar refractivity (Wildman–Crippen MR) is 130 cm³/mol. The quantitative estimate of drug-likeness (QED) is 0.143. The molecule has 206 valence electrons. The van der Waals surface area contributed by atoms with Crippen molar-refractivity contribution in [2.75, 3.05) is 13.2 Å². The van der Waals surface area contributed by atoms with Crippen LogP contribution in [0.15, 0.2) is 24.3 Å². The van der Waals surface area contributed by atoms with Crippen LogP contribution in [0, 0.1) is 0 Å². The zero-order chi connectivity index (χ0) is 27.9. The van der Waals surface area contributed by atoms with Crippen LogP contribution in [0.5, 0.6) is 5.75 Å². The number of carbonyl (C=O) groups is 4. The van der Waals surface area contributed by atoms with E-state index in [-0.39, 0.29) is 18.1 Å². The van der Waals surface area contributed by atoms with Crippen molar-refractivity contribution in [3.8, 4) is 5.75 Å².